The maximum atomic E-state index is 12.8. The van der Waals surface area contributed by atoms with Gasteiger partial charge >= 0.3 is 5.97 Å². The van der Waals surface area contributed by atoms with Crippen LogP contribution in [0.1, 0.15) is 23.5 Å². The molecule has 4 rings (SSSR count). The molecule has 1 aromatic heterocycles. The number of fused-ring (bicyclic) bond motifs is 3. The molecular weight excluding hydrogens is 360 g/mol. The van der Waals surface area contributed by atoms with Crippen molar-refractivity contribution in [2.24, 2.45) is 5.41 Å². The number of carboxylic acids is 1. The number of carboxylic acid groups (broad SMARTS) is 1. The third kappa shape index (κ3) is 2.96. The Bertz CT molecular complexity index is 901. The normalized spacial score (nSPS) is 22.8. The highest BCUT2D eigenvalue weighted by molar-refractivity contribution is 5.83. The van der Waals surface area contributed by atoms with Gasteiger partial charge in [-0.15, -0.1) is 0 Å². The van der Waals surface area contributed by atoms with Crippen molar-refractivity contribution < 1.29 is 24.2 Å². The minimum absolute atomic E-state index is 0.0206. The first kappa shape index (κ1) is 18.3. The van der Waals surface area contributed by atoms with E-state index >= 15 is 0 Å². The molecule has 0 radical (unpaired) electrons. The Kier molecular flexibility index (Phi) is 4.66. The first-order chi connectivity index (χ1) is 13.5. The molecule has 7 nitrogen and oxygen atoms in total. The Morgan fingerprint density at radius 2 is 2.21 bits per heavy atom. The van der Waals surface area contributed by atoms with Gasteiger partial charge in [-0.3, -0.25) is 14.6 Å². The van der Waals surface area contributed by atoms with Gasteiger partial charge in [0.15, 0.2) is 11.5 Å². The van der Waals surface area contributed by atoms with Crippen LogP contribution in [0.2, 0.25) is 0 Å². The van der Waals surface area contributed by atoms with Crippen LogP contribution in [0.5, 0.6) is 11.5 Å². The number of aryl methyl sites for hydroxylation is 1. The number of pyridine rings is 1. The zero-order chi connectivity index (χ0) is 19.7. The molecule has 0 bridgehead atoms. The number of carbonyl (C=O) groups is 2. The van der Waals surface area contributed by atoms with Crippen molar-refractivity contribution in [3.8, 4) is 11.5 Å². The van der Waals surface area contributed by atoms with Crippen molar-refractivity contribution in [3.05, 3.63) is 53.9 Å². The molecule has 1 saturated heterocycles. The zero-order valence-electron chi connectivity index (χ0n) is 15.6. The number of carbonyl (C=O) groups excluding carboxylic acids is 1. The number of ether oxygens (including phenoxy) is 2. The lowest BCUT2D eigenvalue weighted by Gasteiger charge is -2.36. The maximum absolute atomic E-state index is 12.8. The molecule has 28 heavy (non-hydrogen) atoms. The van der Waals surface area contributed by atoms with E-state index in [1.54, 1.807) is 30.5 Å². The monoisotopic (exact) mass is 382 g/mol. The number of nitrogens with zero attached hydrogens (tertiary/aromatic N) is 2. The SMILES string of the molecule is COc1cccc2c1OC[C@@]1(C(=O)O)CN(C(=O)CCc3cccnc3)C[C@@H]21. The quantitative estimate of drug-likeness (QED) is 0.852. The molecule has 0 aliphatic carbocycles. The van der Waals surface area contributed by atoms with Gasteiger partial charge in [0.05, 0.1) is 7.11 Å². The van der Waals surface area contributed by atoms with Gasteiger partial charge in [0.25, 0.3) is 0 Å². The van der Waals surface area contributed by atoms with Gasteiger partial charge in [-0.05, 0) is 24.1 Å². The predicted octanol–water partition coefficient (Wildman–Crippen LogP) is 2.11. The Morgan fingerprint density at radius 3 is 2.93 bits per heavy atom. The standard InChI is InChI=1S/C21H22N2O5/c1-27-17-6-2-5-15-16-11-23(12-21(16,20(25)26)13-28-19(15)17)18(24)8-7-14-4-3-9-22-10-14/h2-6,9-10,16H,7-8,11-13H2,1H3,(H,25,26)/t16-,21-/m0/s1. The summed E-state index contributed by atoms with van der Waals surface area (Å²) in [7, 11) is 1.56. The number of hydrogen-bond acceptors (Lipinski definition) is 5. The lowest BCUT2D eigenvalue weighted by atomic mass is 9.73. The number of benzene rings is 1. The molecule has 1 amide bonds. The molecule has 2 aromatic rings. The van der Waals surface area contributed by atoms with Crippen LogP contribution in [0.25, 0.3) is 0 Å². The predicted molar refractivity (Wildman–Crippen MR) is 100 cm³/mol. The number of methoxy groups -OCH3 is 1. The first-order valence-electron chi connectivity index (χ1n) is 9.25. The minimum Gasteiger partial charge on any atom is -0.493 e. The second-order valence-electron chi connectivity index (χ2n) is 7.32. The summed E-state index contributed by atoms with van der Waals surface area (Å²) in [5, 5.41) is 10.0. The molecule has 146 valence electrons. The molecule has 1 N–H and O–H groups in total. The molecule has 7 heteroatoms. The number of para-hydroxylation sites is 1. The summed E-state index contributed by atoms with van der Waals surface area (Å²) in [6, 6.07) is 9.25. The highest BCUT2D eigenvalue weighted by atomic mass is 16.5. The van der Waals surface area contributed by atoms with Gasteiger partial charge in [-0.25, -0.2) is 0 Å². The Balaban J connectivity index is 1.57. The molecule has 2 aliphatic heterocycles. The van der Waals surface area contributed by atoms with Crippen LogP contribution in [0.3, 0.4) is 0 Å². The average molecular weight is 382 g/mol. The maximum Gasteiger partial charge on any atom is 0.315 e. The highest BCUT2D eigenvalue weighted by Crippen LogP contribution is 2.52. The van der Waals surface area contributed by atoms with Crippen LogP contribution in [-0.4, -0.2) is 53.7 Å². The largest absolute Gasteiger partial charge is 0.493 e. The summed E-state index contributed by atoms with van der Waals surface area (Å²) in [5.41, 5.74) is 0.637. The summed E-state index contributed by atoms with van der Waals surface area (Å²) in [4.78, 5) is 30.7. The van der Waals surface area contributed by atoms with Crippen LogP contribution in [0, 0.1) is 5.41 Å². The summed E-state index contributed by atoms with van der Waals surface area (Å²) < 4.78 is 11.2. The summed E-state index contributed by atoms with van der Waals surface area (Å²) >= 11 is 0. The van der Waals surface area contributed by atoms with Crippen LogP contribution in [0.15, 0.2) is 42.7 Å². The molecule has 1 fully saturated rings. The number of amides is 1. The van der Waals surface area contributed by atoms with E-state index < -0.39 is 11.4 Å². The first-order valence-corrected chi connectivity index (χ1v) is 9.25. The van der Waals surface area contributed by atoms with Crippen LogP contribution in [0.4, 0.5) is 0 Å². The van der Waals surface area contributed by atoms with Gasteiger partial charge in [0.1, 0.15) is 12.0 Å². The smallest absolute Gasteiger partial charge is 0.315 e. The molecular formula is C21H22N2O5. The fourth-order valence-electron chi connectivity index (χ4n) is 4.20. The van der Waals surface area contributed by atoms with E-state index in [2.05, 4.69) is 4.98 Å². The van der Waals surface area contributed by atoms with Crippen molar-refractivity contribution in [2.75, 3.05) is 26.8 Å². The van der Waals surface area contributed by atoms with E-state index in [0.29, 0.717) is 30.9 Å². The molecule has 2 aliphatic rings. The fraction of sp³-hybridized carbons (Fsp3) is 0.381. The Labute approximate surface area is 162 Å². The van der Waals surface area contributed by atoms with Gasteiger partial charge in [0, 0.05) is 43.4 Å². The van der Waals surface area contributed by atoms with Gasteiger partial charge in [-0.1, -0.05) is 18.2 Å². The molecule has 1 aromatic carbocycles. The molecule has 3 heterocycles. The average Bonchev–Trinajstić information content (AvgIpc) is 3.14. The summed E-state index contributed by atoms with van der Waals surface area (Å²) in [5.74, 6) is -0.155. The van der Waals surface area contributed by atoms with E-state index in [4.69, 9.17) is 9.47 Å². The van der Waals surface area contributed by atoms with Gasteiger partial charge in [-0.2, -0.15) is 0 Å². The van der Waals surface area contributed by atoms with Crippen LogP contribution < -0.4 is 9.47 Å². The van der Waals surface area contributed by atoms with Crippen LogP contribution in [-0.2, 0) is 16.0 Å². The van der Waals surface area contributed by atoms with E-state index in [1.807, 2.05) is 24.3 Å². The second kappa shape index (κ2) is 7.14. The third-order valence-electron chi connectivity index (χ3n) is 5.75. The second-order valence-corrected chi connectivity index (χ2v) is 7.32. The lowest BCUT2D eigenvalue weighted by molar-refractivity contribution is -0.152. The minimum atomic E-state index is -1.14. The van der Waals surface area contributed by atoms with E-state index in [1.165, 1.54) is 0 Å². The van der Waals surface area contributed by atoms with Gasteiger partial charge < -0.3 is 19.5 Å². The highest BCUT2D eigenvalue weighted by Gasteiger charge is 2.57. The van der Waals surface area contributed by atoms with Crippen molar-refractivity contribution >= 4 is 11.9 Å². The number of aliphatic carboxylic acids is 1. The van der Waals surface area contributed by atoms with Crippen LogP contribution >= 0.6 is 0 Å². The summed E-state index contributed by atoms with van der Waals surface area (Å²) in [6.45, 7) is 0.532. The van der Waals surface area contributed by atoms with E-state index in [9.17, 15) is 14.7 Å². The summed E-state index contributed by atoms with van der Waals surface area (Å²) in [6.07, 6.45) is 4.33. The van der Waals surface area contributed by atoms with Gasteiger partial charge in [0.2, 0.25) is 5.91 Å². The topological polar surface area (TPSA) is 89.0 Å². The molecule has 0 saturated carbocycles. The van der Waals surface area contributed by atoms with Crippen molar-refractivity contribution in [3.63, 3.8) is 0 Å². The van der Waals surface area contributed by atoms with Crippen molar-refractivity contribution in [1.29, 1.82) is 0 Å². The van der Waals surface area contributed by atoms with Crippen molar-refractivity contribution in [2.45, 2.75) is 18.8 Å². The number of rotatable bonds is 5. The fourth-order valence-corrected chi connectivity index (χ4v) is 4.20. The number of likely N-dealkylation sites (tertiary alicyclic amines) is 1. The zero-order valence-corrected chi connectivity index (χ0v) is 15.6. The van der Waals surface area contributed by atoms with Crippen molar-refractivity contribution in [1.82, 2.24) is 9.88 Å². The third-order valence-corrected chi connectivity index (χ3v) is 5.75. The molecule has 0 unspecified atom stereocenters. The lowest BCUT2D eigenvalue weighted by Crippen LogP contribution is -2.46. The Morgan fingerprint density at radius 1 is 1.36 bits per heavy atom. The molecule has 0 spiro atoms. The Hall–Kier alpha value is -3.09. The molecule has 2 atom stereocenters. The van der Waals surface area contributed by atoms with E-state index in [0.717, 1.165) is 11.1 Å². The number of hydrogen-bond donors (Lipinski definition) is 1. The number of aromatic nitrogens is 1. The van der Waals surface area contributed by atoms with E-state index in [-0.39, 0.29) is 25.0 Å².